The van der Waals surface area contributed by atoms with Gasteiger partial charge >= 0.3 is 0 Å². The molecule has 0 spiro atoms. The highest BCUT2D eigenvalue weighted by molar-refractivity contribution is 5.31. The molecule has 1 aliphatic rings. The SMILES string of the molecule is Cc1ccc(C)c(CC2(O)CCOC(C)(C)C2)c1. The third-order valence-corrected chi connectivity index (χ3v) is 3.84. The van der Waals surface area contributed by atoms with E-state index < -0.39 is 5.60 Å². The van der Waals surface area contributed by atoms with Crippen LogP contribution in [0.15, 0.2) is 18.2 Å². The number of hydrogen-bond acceptors (Lipinski definition) is 2. The van der Waals surface area contributed by atoms with Crippen LogP contribution in [0.3, 0.4) is 0 Å². The van der Waals surface area contributed by atoms with Crippen molar-refractivity contribution in [3.05, 3.63) is 34.9 Å². The molecule has 0 radical (unpaired) electrons. The van der Waals surface area contributed by atoms with E-state index in [-0.39, 0.29) is 5.60 Å². The summed E-state index contributed by atoms with van der Waals surface area (Å²) in [6.07, 6.45) is 2.16. The maximum Gasteiger partial charge on any atom is 0.0737 e. The van der Waals surface area contributed by atoms with Gasteiger partial charge in [-0.1, -0.05) is 23.8 Å². The second kappa shape index (κ2) is 4.67. The minimum atomic E-state index is -0.625. The van der Waals surface area contributed by atoms with Gasteiger partial charge in [-0.25, -0.2) is 0 Å². The first-order chi connectivity index (χ1) is 8.30. The summed E-state index contributed by atoms with van der Waals surface area (Å²) >= 11 is 0. The second-order valence-electron chi connectivity index (χ2n) is 6.37. The van der Waals surface area contributed by atoms with Crippen molar-refractivity contribution in [2.24, 2.45) is 0 Å². The molecule has 18 heavy (non-hydrogen) atoms. The van der Waals surface area contributed by atoms with Gasteiger partial charge in [-0.2, -0.15) is 0 Å². The quantitative estimate of drug-likeness (QED) is 0.871. The molecule has 1 N–H and O–H groups in total. The van der Waals surface area contributed by atoms with E-state index in [2.05, 4.69) is 45.9 Å². The highest BCUT2D eigenvalue weighted by atomic mass is 16.5. The second-order valence-corrected chi connectivity index (χ2v) is 6.37. The molecule has 2 nitrogen and oxygen atoms in total. The molecule has 0 saturated carbocycles. The van der Waals surface area contributed by atoms with E-state index in [0.29, 0.717) is 13.0 Å². The Hall–Kier alpha value is -0.860. The summed E-state index contributed by atoms with van der Waals surface area (Å²) in [5.74, 6) is 0. The molecule has 1 unspecified atom stereocenters. The van der Waals surface area contributed by atoms with Crippen LogP contribution in [0, 0.1) is 13.8 Å². The zero-order valence-corrected chi connectivity index (χ0v) is 11.9. The van der Waals surface area contributed by atoms with Crippen LogP contribution in [0.25, 0.3) is 0 Å². The van der Waals surface area contributed by atoms with E-state index in [1.54, 1.807) is 0 Å². The average Bonchev–Trinajstić information content (AvgIpc) is 2.21. The first-order valence-corrected chi connectivity index (χ1v) is 6.72. The molecule has 100 valence electrons. The van der Waals surface area contributed by atoms with Crippen molar-refractivity contribution in [2.45, 2.75) is 58.2 Å². The Morgan fingerprint density at radius 1 is 1.28 bits per heavy atom. The van der Waals surface area contributed by atoms with Crippen LogP contribution < -0.4 is 0 Å². The molecular formula is C16H24O2. The van der Waals surface area contributed by atoms with E-state index in [1.807, 2.05) is 0 Å². The van der Waals surface area contributed by atoms with Crippen LogP contribution in [-0.4, -0.2) is 22.9 Å². The number of benzene rings is 1. The van der Waals surface area contributed by atoms with Gasteiger partial charge in [0.05, 0.1) is 17.8 Å². The van der Waals surface area contributed by atoms with Crippen molar-refractivity contribution in [3.63, 3.8) is 0 Å². The van der Waals surface area contributed by atoms with Crippen LogP contribution in [0.5, 0.6) is 0 Å². The molecular weight excluding hydrogens is 224 g/mol. The molecule has 0 aromatic heterocycles. The lowest BCUT2D eigenvalue weighted by atomic mass is 9.79. The van der Waals surface area contributed by atoms with Crippen LogP contribution >= 0.6 is 0 Å². The van der Waals surface area contributed by atoms with Gasteiger partial charge in [-0.3, -0.25) is 0 Å². The highest BCUT2D eigenvalue weighted by Gasteiger charge is 2.39. The fraction of sp³-hybridized carbons (Fsp3) is 0.625. The number of rotatable bonds is 2. The molecule has 0 bridgehead atoms. The minimum Gasteiger partial charge on any atom is -0.389 e. The van der Waals surface area contributed by atoms with Gasteiger partial charge in [0.1, 0.15) is 0 Å². The summed E-state index contributed by atoms with van der Waals surface area (Å²) in [6, 6.07) is 6.45. The molecule has 0 amide bonds. The number of aliphatic hydroxyl groups is 1. The van der Waals surface area contributed by atoms with Gasteiger partial charge < -0.3 is 9.84 Å². The monoisotopic (exact) mass is 248 g/mol. The van der Waals surface area contributed by atoms with Gasteiger partial charge in [-0.05, 0) is 45.2 Å². The Morgan fingerprint density at radius 2 is 2.00 bits per heavy atom. The Bertz CT molecular complexity index is 437. The molecule has 1 aromatic rings. The summed E-state index contributed by atoms with van der Waals surface area (Å²) in [5, 5.41) is 10.8. The van der Waals surface area contributed by atoms with Gasteiger partial charge in [0.15, 0.2) is 0 Å². The molecule has 1 aromatic carbocycles. The van der Waals surface area contributed by atoms with Crippen molar-refractivity contribution < 1.29 is 9.84 Å². The smallest absolute Gasteiger partial charge is 0.0737 e. The Labute approximate surface area is 110 Å². The van der Waals surface area contributed by atoms with E-state index in [0.717, 1.165) is 12.8 Å². The molecule has 1 saturated heterocycles. The van der Waals surface area contributed by atoms with Crippen LogP contribution in [0.1, 0.15) is 43.4 Å². The molecule has 2 rings (SSSR count). The van der Waals surface area contributed by atoms with E-state index in [4.69, 9.17) is 4.74 Å². The third-order valence-electron chi connectivity index (χ3n) is 3.84. The summed E-state index contributed by atoms with van der Waals surface area (Å²) in [6.45, 7) is 8.97. The lowest BCUT2D eigenvalue weighted by Gasteiger charge is -2.41. The summed E-state index contributed by atoms with van der Waals surface area (Å²) in [7, 11) is 0. The lowest BCUT2D eigenvalue weighted by Crippen LogP contribution is -2.47. The van der Waals surface area contributed by atoms with Crippen molar-refractivity contribution in [1.29, 1.82) is 0 Å². The van der Waals surface area contributed by atoms with Crippen LogP contribution in [0.2, 0.25) is 0 Å². The molecule has 2 heteroatoms. The average molecular weight is 248 g/mol. The first-order valence-electron chi connectivity index (χ1n) is 6.72. The highest BCUT2D eigenvalue weighted by Crippen LogP contribution is 2.35. The van der Waals surface area contributed by atoms with Crippen molar-refractivity contribution in [2.75, 3.05) is 6.61 Å². The molecule has 1 fully saturated rings. The zero-order valence-electron chi connectivity index (χ0n) is 11.9. The van der Waals surface area contributed by atoms with Gasteiger partial charge in [0, 0.05) is 12.8 Å². The predicted molar refractivity (Wildman–Crippen MR) is 73.8 cm³/mol. The molecule has 0 aliphatic carbocycles. The van der Waals surface area contributed by atoms with Crippen molar-refractivity contribution in [3.8, 4) is 0 Å². The largest absolute Gasteiger partial charge is 0.389 e. The molecule has 1 heterocycles. The Morgan fingerprint density at radius 3 is 2.67 bits per heavy atom. The van der Waals surface area contributed by atoms with Gasteiger partial charge in [0.2, 0.25) is 0 Å². The lowest BCUT2D eigenvalue weighted by molar-refractivity contribution is -0.143. The van der Waals surface area contributed by atoms with E-state index in [9.17, 15) is 5.11 Å². The topological polar surface area (TPSA) is 29.5 Å². The van der Waals surface area contributed by atoms with E-state index in [1.165, 1.54) is 16.7 Å². The minimum absolute atomic E-state index is 0.218. The Balaban J connectivity index is 2.19. The van der Waals surface area contributed by atoms with Gasteiger partial charge in [-0.15, -0.1) is 0 Å². The normalized spacial score (nSPS) is 27.2. The maximum atomic E-state index is 10.8. The summed E-state index contributed by atoms with van der Waals surface area (Å²) < 4.78 is 5.69. The predicted octanol–water partition coefficient (Wildman–Crippen LogP) is 3.17. The fourth-order valence-corrected chi connectivity index (χ4v) is 2.95. The van der Waals surface area contributed by atoms with Crippen molar-refractivity contribution >= 4 is 0 Å². The summed E-state index contributed by atoms with van der Waals surface area (Å²) in [4.78, 5) is 0. The first kappa shape index (κ1) is 13.6. The number of ether oxygens (including phenoxy) is 1. The third kappa shape index (κ3) is 3.12. The number of hydrogen-bond donors (Lipinski definition) is 1. The van der Waals surface area contributed by atoms with Gasteiger partial charge in [0.25, 0.3) is 0 Å². The zero-order chi connectivity index (χ0) is 13.4. The van der Waals surface area contributed by atoms with Crippen LogP contribution in [0.4, 0.5) is 0 Å². The van der Waals surface area contributed by atoms with E-state index >= 15 is 0 Å². The van der Waals surface area contributed by atoms with Crippen LogP contribution in [-0.2, 0) is 11.2 Å². The standard InChI is InChI=1S/C16H24O2/c1-12-5-6-13(2)14(9-12)10-16(17)7-8-18-15(3,4)11-16/h5-6,9,17H,7-8,10-11H2,1-4H3. The maximum absolute atomic E-state index is 10.8. The fourth-order valence-electron chi connectivity index (χ4n) is 2.95. The van der Waals surface area contributed by atoms with Crippen molar-refractivity contribution in [1.82, 2.24) is 0 Å². The molecule has 1 atom stereocenters. The summed E-state index contributed by atoms with van der Waals surface area (Å²) in [5.41, 5.74) is 2.93. The molecule has 1 aliphatic heterocycles. The number of aryl methyl sites for hydroxylation is 2. The Kier molecular flexibility index (Phi) is 3.52.